The summed E-state index contributed by atoms with van der Waals surface area (Å²) in [6.45, 7) is 1.78. The molecule has 20 heavy (non-hydrogen) atoms. The predicted molar refractivity (Wildman–Crippen MR) is 74.5 cm³/mol. The van der Waals surface area contributed by atoms with Crippen molar-refractivity contribution < 1.29 is 19.0 Å². The Morgan fingerprint density at radius 1 is 1.65 bits per heavy atom. The first-order valence-electron chi connectivity index (χ1n) is 5.75. The Morgan fingerprint density at radius 3 is 2.80 bits per heavy atom. The number of pyridine rings is 1. The van der Waals surface area contributed by atoms with Crippen molar-refractivity contribution in [2.24, 2.45) is 0 Å². The van der Waals surface area contributed by atoms with Crippen LogP contribution >= 0.6 is 0 Å². The van der Waals surface area contributed by atoms with Crippen LogP contribution in [0.25, 0.3) is 0 Å². The summed E-state index contributed by atoms with van der Waals surface area (Å²) in [7, 11) is -0.940. The van der Waals surface area contributed by atoms with E-state index in [1.54, 1.807) is 13.2 Å². The Balaban J connectivity index is 2.91. The highest BCUT2D eigenvalue weighted by Gasteiger charge is 2.20. The SMILES string of the molecule is CC(CCS(C)=O)Nc1ncc(C(=O)O)cc1[N+](=O)[O-]. The first-order chi connectivity index (χ1) is 9.31. The van der Waals surface area contributed by atoms with Crippen molar-refractivity contribution in [1.29, 1.82) is 0 Å². The summed E-state index contributed by atoms with van der Waals surface area (Å²) in [4.78, 5) is 24.8. The number of carboxylic acid groups (broad SMARTS) is 1. The molecule has 2 N–H and O–H groups in total. The summed E-state index contributed by atoms with van der Waals surface area (Å²) in [6, 6.07) is 0.795. The van der Waals surface area contributed by atoms with E-state index in [1.165, 1.54) is 0 Å². The van der Waals surface area contributed by atoms with E-state index >= 15 is 0 Å². The average Bonchev–Trinajstić information content (AvgIpc) is 2.36. The number of nitrogens with zero attached hydrogens (tertiary/aromatic N) is 2. The fraction of sp³-hybridized carbons (Fsp3) is 0.455. The van der Waals surface area contributed by atoms with Crippen LogP contribution in [0, 0.1) is 10.1 Å². The second-order valence-electron chi connectivity index (χ2n) is 4.27. The van der Waals surface area contributed by atoms with Crippen LogP contribution in [0.1, 0.15) is 23.7 Å². The van der Waals surface area contributed by atoms with E-state index in [-0.39, 0.29) is 17.4 Å². The lowest BCUT2D eigenvalue weighted by Gasteiger charge is -2.13. The van der Waals surface area contributed by atoms with Crippen molar-refractivity contribution in [3.05, 3.63) is 27.9 Å². The number of rotatable bonds is 7. The van der Waals surface area contributed by atoms with E-state index in [4.69, 9.17) is 5.11 Å². The zero-order valence-corrected chi connectivity index (χ0v) is 11.8. The van der Waals surface area contributed by atoms with Crippen molar-refractivity contribution in [3.63, 3.8) is 0 Å². The van der Waals surface area contributed by atoms with Gasteiger partial charge in [-0.3, -0.25) is 14.3 Å². The van der Waals surface area contributed by atoms with Crippen molar-refractivity contribution >= 4 is 28.3 Å². The van der Waals surface area contributed by atoms with Gasteiger partial charge in [-0.1, -0.05) is 0 Å². The second-order valence-corrected chi connectivity index (χ2v) is 5.82. The largest absolute Gasteiger partial charge is 0.478 e. The fourth-order valence-electron chi connectivity index (χ4n) is 1.47. The molecule has 0 bridgehead atoms. The monoisotopic (exact) mass is 301 g/mol. The van der Waals surface area contributed by atoms with Gasteiger partial charge in [0.25, 0.3) is 0 Å². The standard InChI is InChI=1S/C11H15N3O5S/c1-7(3-4-20(2)19)13-10-9(14(17)18)5-8(6-12-10)11(15)16/h5-7H,3-4H2,1-2H3,(H,12,13)(H,15,16). The highest BCUT2D eigenvalue weighted by molar-refractivity contribution is 7.84. The highest BCUT2D eigenvalue weighted by atomic mass is 32.2. The van der Waals surface area contributed by atoms with Gasteiger partial charge >= 0.3 is 11.7 Å². The Bertz CT molecular complexity index is 549. The molecule has 9 heteroatoms. The second kappa shape index (κ2) is 6.94. The van der Waals surface area contributed by atoms with Gasteiger partial charge in [0.2, 0.25) is 5.82 Å². The van der Waals surface area contributed by atoms with Crippen molar-refractivity contribution in [3.8, 4) is 0 Å². The molecule has 2 unspecified atom stereocenters. The fourth-order valence-corrected chi connectivity index (χ4v) is 2.15. The maximum Gasteiger partial charge on any atom is 0.337 e. The summed E-state index contributed by atoms with van der Waals surface area (Å²) in [5.41, 5.74) is -0.640. The molecule has 1 aromatic rings. The predicted octanol–water partition coefficient (Wildman–Crippen LogP) is 1.26. The molecule has 110 valence electrons. The summed E-state index contributed by atoms with van der Waals surface area (Å²) in [6.07, 6.45) is 3.19. The van der Waals surface area contributed by atoms with Crippen LogP contribution in [0.4, 0.5) is 11.5 Å². The van der Waals surface area contributed by atoms with E-state index in [9.17, 15) is 19.1 Å². The smallest absolute Gasteiger partial charge is 0.337 e. The van der Waals surface area contributed by atoms with Crippen LogP contribution in [-0.4, -0.2) is 43.2 Å². The minimum atomic E-state index is -1.28. The molecule has 1 rings (SSSR count). The number of anilines is 1. The summed E-state index contributed by atoms with van der Waals surface area (Å²) in [5, 5.41) is 22.6. The molecule has 0 radical (unpaired) electrons. The van der Waals surface area contributed by atoms with Gasteiger partial charge in [0.15, 0.2) is 0 Å². The quantitative estimate of drug-likeness (QED) is 0.574. The Labute approximate surface area is 117 Å². The summed E-state index contributed by atoms with van der Waals surface area (Å²) >= 11 is 0. The van der Waals surface area contributed by atoms with E-state index in [1.807, 2.05) is 0 Å². The van der Waals surface area contributed by atoms with Crippen LogP contribution in [0.2, 0.25) is 0 Å². The molecule has 0 spiro atoms. The van der Waals surface area contributed by atoms with Crippen LogP contribution < -0.4 is 5.32 Å². The van der Waals surface area contributed by atoms with E-state index in [0.29, 0.717) is 12.2 Å². The average molecular weight is 301 g/mol. The van der Waals surface area contributed by atoms with Gasteiger partial charge in [-0.15, -0.1) is 0 Å². The number of nitrogens with one attached hydrogen (secondary N) is 1. The van der Waals surface area contributed by atoms with E-state index in [2.05, 4.69) is 10.3 Å². The number of aromatic nitrogens is 1. The van der Waals surface area contributed by atoms with Crippen LogP contribution in [-0.2, 0) is 10.8 Å². The van der Waals surface area contributed by atoms with Crippen molar-refractivity contribution in [2.45, 2.75) is 19.4 Å². The lowest BCUT2D eigenvalue weighted by molar-refractivity contribution is -0.384. The van der Waals surface area contributed by atoms with Gasteiger partial charge < -0.3 is 10.4 Å². The topological polar surface area (TPSA) is 122 Å². The first-order valence-corrected chi connectivity index (χ1v) is 7.48. The molecule has 8 nitrogen and oxygen atoms in total. The summed E-state index contributed by atoms with van der Waals surface area (Å²) < 4.78 is 11.0. The first kappa shape index (κ1) is 16.0. The number of hydrogen-bond acceptors (Lipinski definition) is 6. The Morgan fingerprint density at radius 2 is 2.30 bits per heavy atom. The molecule has 0 amide bonds. The third-order valence-electron chi connectivity index (χ3n) is 2.53. The molecule has 1 heterocycles. The number of carbonyl (C=O) groups is 1. The maximum absolute atomic E-state index is 11.0. The normalized spacial score (nSPS) is 13.5. The Kier molecular flexibility index (Phi) is 5.56. The number of carboxylic acids is 1. The van der Waals surface area contributed by atoms with Crippen molar-refractivity contribution in [2.75, 3.05) is 17.3 Å². The minimum absolute atomic E-state index is 0.00869. The van der Waals surface area contributed by atoms with Gasteiger partial charge in [-0.2, -0.15) is 0 Å². The van der Waals surface area contributed by atoms with Crippen LogP contribution in [0.15, 0.2) is 12.3 Å². The molecular weight excluding hydrogens is 286 g/mol. The Hall–Kier alpha value is -2.03. The van der Waals surface area contributed by atoms with Gasteiger partial charge in [-0.05, 0) is 13.3 Å². The van der Waals surface area contributed by atoms with E-state index < -0.39 is 27.4 Å². The molecule has 1 aromatic heterocycles. The molecular formula is C11H15N3O5S. The third kappa shape index (κ3) is 4.57. The lowest BCUT2D eigenvalue weighted by atomic mass is 10.2. The lowest BCUT2D eigenvalue weighted by Crippen LogP contribution is -2.19. The van der Waals surface area contributed by atoms with Crippen LogP contribution in [0.3, 0.4) is 0 Å². The zero-order valence-electron chi connectivity index (χ0n) is 11.0. The molecule has 0 aliphatic carbocycles. The van der Waals surface area contributed by atoms with Gasteiger partial charge in [-0.25, -0.2) is 9.78 Å². The van der Waals surface area contributed by atoms with Crippen molar-refractivity contribution in [1.82, 2.24) is 4.98 Å². The van der Waals surface area contributed by atoms with Crippen LogP contribution in [0.5, 0.6) is 0 Å². The molecule has 0 aliphatic rings. The molecule has 0 aromatic carbocycles. The third-order valence-corrected chi connectivity index (χ3v) is 3.34. The zero-order chi connectivity index (χ0) is 15.3. The van der Waals surface area contributed by atoms with Gasteiger partial charge in [0.1, 0.15) is 0 Å². The molecule has 2 atom stereocenters. The number of hydrogen-bond donors (Lipinski definition) is 2. The molecule has 0 fully saturated rings. The van der Waals surface area contributed by atoms with Gasteiger partial charge in [0.05, 0.1) is 10.5 Å². The molecule has 0 saturated heterocycles. The molecule has 0 saturated carbocycles. The molecule has 0 aliphatic heterocycles. The summed E-state index contributed by atoms with van der Waals surface area (Å²) in [5.74, 6) is -0.800. The number of aromatic carboxylic acids is 1. The maximum atomic E-state index is 11.0. The minimum Gasteiger partial charge on any atom is -0.478 e. The number of nitro groups is 1. The van der Waals surface area contributed by atoms with E-state index in [0.717, 1.165) is 12.3 Å². The van der Waals surface area contributed by atoms with Gasteiger partial charge in [0, 0.05) is 41.1 Å². The highest BCUT2D eigenvalue weighted by Crippen LogP contribution is 2.23.